The number of hydrogen-bond acceptors (Lipinski definition) is 5. The molecule has 2 unspecified atom stereocenters. The number of nitrogens with one attached hydrogen (secondary N) is 1. The summed E-state index contributed by atoms with van der Waals surface area (Å²) in [6, 6.07) is 9.74. The van der Waals surface area contributed by atoms with Crippen molar-refractivity contribution in [2.24, 2.45) is 5.92 Å². The van der Waals surface area contributed by atoms with Gasteiger partial charge < -0.3 is 20.1 Å². The van der Waals surface area contributed by atoms with Gasteiger partial charge in [0.15, 0.2) is 0 Å². The fourth-order valence-corrected chi connectivity index (χ4v) is 3.39. The third-order valence-electron chi connectivity index (χ3n) is 4.91. The van der Waals surface area contributed by atoms with E-state index in [4.69, 9.17) is 4.74 Å². The van der Waals surface area contributed by atoms with E-state index in [0.717, 1.165) is 44.5 Å². The van der Waals surface area contributed by atoms with Gasteiger partial charge in [-0.3, -0.25) is 4.79 Å². The molecule has 5 heteroatoms. The fourth-order valence-electron chi connectivity index (χ4n) is 3.39. The molecule has 2 aliphatic heterocycles. The molecule has 2 aliphatic rings. The van der Waals surface area contributed by atoms with Crippen LogP contribution >= 0.6 is 0 Å². The Morgan fingerprint density at radius 3 is 2.61 bits per heavy atom. The van der Waals surface area contributed by atoms with Crippen LogP contribution in [0.15, 0.2) is 30.3 Å². The topological polar surface area (TPSA) is 61.8 Å². The van der Waals surface area contributed by atoms with Crippen LogP contribution in [0.5, 0.6) is 0 Å². The minimum absolute atomic E-state index is 0.103. The van der Waals surface area contributed by atoms with Gasteiger partial charge in [0.25, 0.3) is 0 Å². The summed E-state index contributed by atoms with van der Waals surface area (Å²) in [4.78, 5) is 13.8. The van der Waals surface area contributed by atoms with E-state index in [-0.39, 0.29) is 12.0 Å². The molecule has 2 fully saturated rings. The summed E-state index contributed by atoms with van der Waals surface area (Å²) in [5, 5.41) is 13.6. The van der Waals surface area contributed by atoms with Crippen LogP contribution in [0, 0.1) is 5.92 Å². The molecule has 3 rings (SSSR count). The Balaban J connectivity index is 1.37. The lowest BCUT2D eigenvalue weighted by molar-refractivity contribution is -0.139. The minimum Gasteiger partial charge on any atom is -0.464 e. The van der Waals surface area contributed by atoms with Gasteiger partial charge in [0.2, 0.25) is 0 Å². The van der Waals surface area contributed by atoms with Crippen molar-refractivity contribution in [2.45, 2.75) is 31.4 Å². The zero-order valence-electron chi connectivity index (χ0n) is 13.5. The molecule has 5 nitrogen and oxygen atoms in total. The van der Waals surface area contributed by atoms with Crippen LogP contribution < -0.4 is 5.32 Å². The van der Waals surface area contributed by atoms with Gasteiger partial charge in [-0.2, -0.15) is 0 Å². The Kier molecular flexibility index (Phi) is 5.65. The van der Waals surface area contributed by atoms with E-state index in [0.29, 0.717) is 19.1 Å². The second-order valence-corrected chi connectivity index (χ2v) is 6.59. The zero-order chi connectivity index (χ0) is 16.1. The molecular formula is C18H26N2O3. The summed E-state index contributed by atoms with van der Waals surface area (Å²) in [5.41, 5.74) is 0.982. The molecule has 2 saturated heterocycles. The second-order valence-electron chi connectivity index (χ2n) is 6.59. The number of β-amino-alcohol motifs (C(OH)–C–C–N with tert-alkyl or cyclic N) is 1. The first kappa shape index (κ1) is 16.4. The number of likely N-dealkylation sites (tertiary alicyclic amines) is 1. The number of carbonyl (C=O) groups is 1. The van der Waals surface area contributed by atoms with Gasteiger partial charge in [-0.05, 0) is 44.0 Å². The summed E-state index contributed by atoms with van der Waals surface area (Å²) in [6.07, 6.45) is 2.59. The van der Waals surface area contributed by atoms with Crippen molar-refractivity contribution in [3.8, 4) is 0 Å². The Labute approximate surface area is 137 Å². The first-order valence-electron chi connectivity index (χ1n) is 8.58. The number of rotatable bonds is 6. The van der Waals surface area contributed by atoms with Crippen LogP contribution in [-0.2, 0) is 9.53 Å². The second kappa shape index (κ2) is 7.90. The number of nitrogens with zero attached hydrogens (tertiary/aromatic N) is 1. The summed E-state index contributed by atoms with van der Waals surface area (Å²) in [5.74, 6) is 0.502. The molecule has 126 valence electrons. The van der Waals surface area contributed by atoms with Crippen molar-refractivity contribution >= 4 is 5.97 Å². The first-order chi connectivity index (χ1) is 11.2. The van der Waals surface area contributed by atoms with E-state index < -0.39 is 6.10 Å². The van der Waals surface area contributed by atoms with Gasteiger partial charge in [-0.1, -0.05) is 30.3 Å². The molecule has 0 spiro atoms. The van der Waals surface area contributed by atoms with Gasteiger partial charge >= 0.3 is 5.97 Å². The lowest BCUT2D eigenvalue weighted by Gasteiger charge is -2.33. The fraction of sp³-hybridized carbons (Fsp3) is 0.611. The number of cyclic esters (lactones) is 1. The van der Waals surface area contributed by atoms with Crippen molar-refractivity contribution in [1.29, 1.82) is 0 Å². The number of aliphatic hydroxyl groups is 1. The molecule has 2 N–H and O–H groups in total. The van der Waals surface area contributed by atoms with Gasteiger partial charge in [-0.25, -0.2) is 0 Å². The average molecular weight is 318 g/mol. The molecule has 0 amide bonds. The van der Waals surface area contributed by atoms with Crippen LogP contribution in [0.1, 0.15) is 30.9 Å². The summed E-state index contributed by atoms with van der Waals surface area (Å²) < 4.78 is 4.97. The molecular weight excluding hydrogens is 292 g/mol. The van der Waals surface area contributed by atoms with Crippen LogP contribution in [0.3, 0.4) is 0 Å². The Morgan fingerprint density at radius 2 is 1.96 bits per heavy atom. The highest BCUT2D eigenvalue weighted by atomic mass is 16.5. The smallest absolute Gasteiger partial charge is 0.323 e. The minimum atomic E-state index is -0.417. The van der Waals surface area contributed by atoms with Crippen molar-refractivity contribution < 1.29 is 14.6 Å². The summed E-state index contributed by atoms with van der Waals surface area (Å²) in [6.45, 7) is 4.14. The third kappa shape index (κ3) is 4.53. The molecule has 0 aliphatic carbocycles. The van der Waals surface area contributed by atoms with E-state index >= 15 is 0 Å². The number of hydrogen-bond donors (Lipinski definition) is 2. The highest BCUT2D eigenvalue weighted by molar-refractivity contribution is 5.77. The normalized spacial score (nSPS) is 24.6. The maximum absolute atomic E-state index is 11.4. The molecule has 1 aromatic rings. The van der Waals surface area contributed by atoms with E-state index in [1.54, 1.807) is 0 Å². The summed E-state index contributed by atoms with van der Waals surface area (Å²) in [7, 11) is 0. The van der Waals surface area contributed by atoms with Crippen molar-refractivity contribution in [1.82, 2.24) is 10.2 Å². The molecule has 1 aromatic carbocycles. The van der Waals surface area contributed by atoms with Crippen molar-refractivity contribution in [2.75, 3.05) is 32.8 Å². The molecule has 0 aromatic heterocycles. The highest BCUT2D eigenvalue weighted by Gasteiger charge is 2.28. The number of aliphatic hydroxyl groups excluding tert-OH is 1. The Bertz CT molecular complexity index is 500. The van der Waals surface area contributed by atoms with Crippen molar-refractivity contribution in [3.05, 3.63) is 35.9 Å². The highest BCUT2D eigenvalue weighted by Crippen LogP contribution is 2.20. The lowest BCUT2D eigenvalue weighted by atomic mass is 9.95. The largest absolute Gasteiger partial charge is 0.464 e. The number of carbonyl (C=O) groups excluding carboxylic acids is 1. The van der Waals surface area contributed by atoms with E-state index in [2.05, 4.69) is 10.2 Å². The number of piperidine rings is 1. The lowest BCUT2D eigenvalue weighted by Crippen LogP contribution is -2.42. The molecule has 0 radical (unpaired) electrons. The van der Waals surface area contributed by atoms with E-state index in [9.17, 15) is 9.90 Å². The van der Waals surface area contributed by atoms with E-state index in [1.165, 1.54) is 0 Å². The molecule has 2 heterocycles. The van der Waals surface area contributed by atoms with Crippen molar-refractivity contribution in [3.63, 3.8) is 0 Å². The van der Waals surface area contributed by atoms with Gasteiger partial charge in [0, 0.05) is 13.0 Å². The van der Waals surface area contributed by atoms with Gasteiger partial charge in [-0.15, -0.1) is 0 Å². The van der Waals surface area contributed by atoms with Crippen LogP contribution in [0.25, 0.3) is 0 Å². The third-order valence-corrected chi connectivity index (χ3v) is 4.91. The zero-order valence-corrected chi connectivity index (χ0v) is 13.5. The first-order valence-corrected chi connectivity index (χ1v) is 8.58. The maximum Gasteiger partial charge on any atom is 0.323 e. The van der Waals surface area contributed by atoms with Gasteiger partial charge in [0.05, 0.1) is 12.7 Å². The molecule has 0 saturated carbocycles. The molecule has 0 bridgehead atoms. The number of benzene rings is 1. The standard InChI is InChI=1S/C18H26N2O3/c21-17(15-4-2-1-3-5-15)13-20-9-6-14(7-10-20)12-19-16-8-11-23-18(16)22/h1-5,14,16-17,19,21H,6-13H2. The number of esters is 1. The predicted octanol–water partition coefficient (Wildman–Crippen LogP) is 1.34. The van der Waals surface area contributed by atoms with E-state index in [1.807, 2.05) is 30.3 Å². The monoisotopic (exact) mass is 318 g/mol. The Morgan fingerprint density at radius 1 is 1.22 bits per heavy atom. The predicted molar refractivity (Wildman–Crippen MR) is 87.9 cm³/mol. The van der Waals surface area contributed by atoms with Gasteiger partial charge in [0.1, 0.15) is 6.04 Å². The molecule has 23 heavy (non-hydrogen) atoms. The average Bonchev–Trinajstić information content (AvgIpc) is 3.00. The number of ether oxygens (including phenoxy) is 1. The van der Waals surface area contributed by atoms with Crippen LogP contribution in [0.4, 0.5) is 0 Å². The maximum atomic E-state index is 11.4. The van der Waals surface area contributed by atoms with Crippen LogP contribution in [-0.4, -0.2) is 54.8 Å². The SMILES string of the molecule is O=C1OCCC1NCC1CCN(CC(O)c2ccccc2)CC1. The molecule has 2 atom stereocenters. The quantitative estimate of drug-likeness (QED) is 0.775. The van der Waals surface area contributed by atoms with Crippen LogP contribution in [0.2, 0.25) is 0 Å². The Hall–Kier alpha value is -1.43. The summed E-state index contributed by atoms with van der Waals surface area (Å²) >= 11 is 0.